The van der Waals surface area contributed by atoms with E-state index in [9.17, 15) is 0 Å². The molecule has 1 heterocycles. The first-order chi connectivity index (χ1) is 9.40. The smallest absolute Gasteiger partial charge is 0.242 e. The van der Waals surface area contributed by atoms with Crippen LogP contribution < -0.4 is 15.8 Å². The van der Waals surface area contributed by atoms with E-state index in [0.29, 0.717) is 29.9 Å². The average Bonchev–Trinajstić information content (AvgIpc) is 2.26. The lowest BCUT2D eigenvalue weighted by Crippen LogP contribution is -2.29. The molecule has 120 valence electrons. The van der Waals surface area contributed by atoms with Crippen molar-refractivity contribution < 1.29 is 4.74 Å². The van der Waals surface area contributed by atoms with Crippen LogP contribution in [0.2, 0.25) is 0 Å². The highest BCUT2D eigenvalue weighted by Crippen LogP contribution is 2.32. The maximum atomic E-state index is 6.18. The fourth-order valence-corrected chi connectivity index (χ4v) is 1.59. The number of nitrogens with one attached hydrogen (secondary N) is 1. The van der Waals surface area contributed by atoms with Crippen LogP contribution in [0.15, 0.2) is 0 Å². The van der Waals surface area contributed by atoms with Gasteiger partial charge in [0.05, 0.1) is 6.61 Å². The molecule has 0 spiro atoms. The highest BCUT2D eigenvalue weighted by molar-refractivity contribution is 5.67. The van der Waals surface area contributed by atoms with Crippen LogP contribution in [0.4, 0.5) is 11.5 Å². The second kappa shape index (κ2) is 6.08. The van der Waals surface area contributed by atoms with Crippen molar-refractivity contribution in [2.24, 2.45) is 5.92 Å². The lowest BCUT2D eigenvalue weighted by atomic mass is 9.95. The highest BCUT2D eigenvalue weighted by Gasteiger charge is 2.24. The van der Waals surface area contributed by atoms with E-state index in [-0.39, 0.29) is 11.0 Å². The van der Waals surface area contributed by atoms with Gasteiger partial charge in [-0.3, -0.25) is 0 Å². The normalized spacial score (nSPS) is 12.6. The molecular formula is C16H30N4O. The van der Waals surface area contributed by atoms with Gasteiger partial charge in [0.2, 0.25) is 5.88 Å². The van der Waals surface area contributed by atoms with Crippen molar-refractivity contribution in [3.8, 4) is 5.88 Å². The topological polar surface area (TPSA) is 73.1 Å². The summed E-state index contributed by atoms with van der Waals surface area (Å²) >= 11 is 0. The second-order valence-electron chi connectivity index (χ2n) is 7.94. The number of hydrogen-bond acceptors (Lipinski definition) is 5. The van der Waals surface area contributed by atoms with E-state index >= 15 is 0 Å². The fraction of sp³-hybridized carbons (Fsp3) is 0.750. The molecule has 21 heavy (non-hydrogen) atoms. The number of aromatic nitrogens is 2. The monoisotopic (exact) mass is 294 g/mol. The predicted molar refractivity (Wildman–Crippen MR) is 88.9 cm³/mol. The number of anilines is 2. The van der Waals surface area contributed by atoms with Gasteiger partial charge in [-0.2, -0.15) is 4.98 Å². The number of hydrogen-bond donors (Lipinski definition) is 2. The van der Waals surface area contributed by atoms with Gasteiger partial charge in [0.1, 0.15) is 11.5 Å². The Hall–Kier alpha value is -1.52. The van der Waals surface area contributed by atoms with Crippen LogP contribution >= 0.6 is 0 Å². The van der Waals surface area contributed by atoms with Crippen LogP contribution in [-0.2, 0) is 5.41 Å². The van der Waals surface area contributed by atoms with Crippen molar-refractivity contribution in [1.29, 1.82) is 0 Å². The van der Waals surface area contributed by atoms with Gasteiger partial charge in [0.25, 0.3) is 0 Å². The van der Waals surface area contributed by atoms with Gasteiger partial charge in [0.15, 0.2) is 5.82 Å². The minimum Gasteiger partial charge on any atom is -0.476 e. The van der Waals surface area contributed by atoms with Crippen LogP contribution in [0.3, 0.4) is 0 Å². The molecule has 0 saturated carbocycles. The summed E-state index contributed by atoms with van der Waals surface area (Å²) in [5.74, 6) is 2.25. The molecule has 0 aliphatic rings. The summed E-state index contributed by atoms with van der Waals surface area (Å²) in [6.07, 6.45) is 0. The van der Waals surface area contributed by atoms with E-state index in [1.54, 1.807) is 0 Å². The van der Waals surface area contributed by atoms with Crippen LogP contribution in [-0.4, -0.2) is 22.1 Å². The summed E-state index contributed by atoms with van der Waals surface area (Å²) in [6, 6.07) is 0. The van der Waals surface area contributed by atoms with Gasteiger partial charge in [-0.25, -0.2) is 4.98 Å². The first-order valence-corrected chi connectivity index (χ1v) is 7.49. The van der Waals surface area contributed by atoms with E-state index in [1.165, 1.54) is 0 Å². The maximum Gasteiger partial charge on any atom is 0.242 e. The molecule has 0 amide bonds. The Morgan fingerprint density at radius 1 is 1.10 bits per heavy atom. The summed E-state index contributed by atoms with van der Waals surface area (Å²) in [5.41, 5.74) is 6.35. The van der Waals surface area contributed by atoms with Crippen LogP contribution in [0.5, 0.6) is 5.88 Å². The van der Waals surface area contributed by atoms with Gasteiger partial charge in [0, 0.05) is 11.0 Å². The van der Waals surface area contributed by atoms with Crippen molar-refractivity contribution in [2.75, 3.05) is 17.7 Å². The molecule has 1 aromatic rings. The number of ether oxygens (including phenoxy) is 1. The second-order valence-corrected chi connectivity index (χ2v) is 7.94. The molecule has 0 aliphatic heterocycles. The molecule has 0 atom stereocenters. The number of nitrogen functional groups attached to an aromatic ring is 1. The predicted octanol–water partition coefficient (Wildman–Crippen LogP) is 3.60. The van der Waals surface area contributed by atoms with E-state index in [4.69, 9.17) is 10.5 Å². The van der Waals surface area contributed by atoms with Crippen LogP contribution in [0.25, 0.3) is 0 Å². The van der Waals surface area contributed by atoms with Crippen molar-refractivity contribution in [1.82, 2.24) is 9.97 Å². The van der Waals surface area contributed by atoms with E-state index < -0.39 is 0 Å². The van der Waals surface area contributed by atoms with Crippen molar-refractivity contribution >= 4 is 11.5 Å². The molecule has 5 heteroatoms. The summed E-state index contributed by atoms with van der Waals surface area (Å²) in [7, 11) is 0. The van der Waals surface area contributed by atoms with E-state index in [0.717, 1.165) is 5.82 Å². The quantitative estimate of drug-likeness (QED) is 0.887. The molecule has 0 aliphatic carbocycles. The number of nitrogens with zero attached hydrogens (tertiary/aromatic N) is 2. The Bertz CT molecular complexity index is 484. The summed E-state index contributed by atoms with van der Waals surface area (Å²) < 4.78 is 5.77. The lowest BCUT2D eigenvalue weighted by molar-refractivity contribution is 0.260. The van der Waals surface area contributed by atoms with Gasteiger partial charge < -0.3 is 15.8 Å². The molecule has 0 fully saturated rings. The Balaban J connectivity index is 3.26. The van der Waals surface area contributed by atoms with Crippen molar-refractivity contribution in [2.45, 2.75) is 66.3 Å². The zero-order chi connectivity index (χ0) is 16.4. The molecule has 5 nitrogen and oxygen atoms in total. The summed E-state index contributed by atoms with van der Waals surface area (Å²) in [4.78, 5) is 9.10. The Morgan fingerprint density at radius 2 is 1.67 bits per heavy atom. The van der Waals surface area contributed by atoms with Gasteiger partial charge >= 0.3 is 0 Å². The van der Waals surface area contributed by atoms with Gasteiger partial charge in [-0.15, -0.1) is 0 Å². The number of rotatable bonds is 4. The van der Waals surface area contributed by atoms with E-state index in [2.05, 4.69) is 70.7 Å². The summed E-state index contributed by atoms with van der Waals surface area (Å²) in [5, 5.41) is 3.33. The summed E-state index contributed by atoms with van der Waals surface area (Å²) in [6.45, 7) is 17.2. The first-order valence-electron chi connectivity index (χ1n) is 7.49. The molecule has 0 aromatic carbocycles. The van der Waals surface area contributed by atoms with Crippen LogP contribution in [0.1, 0.15) is 61.2 Å². The third kappa shape index (κ3) is 5.40. The standard InChI is InChI=1S/C16H30N4O/c1-10(2)9-21-13-11(17)12(20-16(6,7)8)18-14(19-13)15(3,4)5/h10H,9,17H2,1-8H3,(H,18,19,20). The lowest BCUT2D eigenvalue weighted by Gasteiger charge is -2.25. The SMILES string of the molecule is CC(C)COc1nc(C(C)(C)C)nc(NC(C)(C)C)c1N. The Labute approximate surface area is 128 Å². The molecule has 3 N–H and O–H groups in total. The third-order valence-electron chi connectivity index (χ3n) is 2.63. The Kier molecular flexibility index (Phi) is 5.07. The minimum atomic E-state index is -0.169. The molecular weight excluding hydrogens is 264 g/mol. The molecule has 0 unspecified atom stereocenters. The highest BCUT2D eigenvalue weighted by atomic mass is 16.5. The minimum absolute atomic E-state index is 0.132. The fourth-order valence-electron chi connectivity index (χ4n) is 1.59. The Morgan fingerprint density at radius 3 is 2.10 bits per heavy atom. The molecule has 1 rings (SSSR count). The zero-order valence-corrected chi connectivity index (χ0v) is 14.7. The third-order valence-corrected chi connectivity index (χ3v) is 2.63. The largest absolute Gasteiger partial charge is 0.476 e. The molecule has 0 saturated heterocycles. The zero-order valence-electron chi connectivity index (χ0n) is 14.7. The van der Waals surface area contributed by atoms with E-state index in [1.807, 2.05) is 0 Å². The first kappa shape index (κ1) is 17.5. The van der Waals surface area contributed by atoms with Crippen molar-refractivity contribution in [3.63, 3.8) is 0 Å². The maximum absolute atomic E-state index is 6.18. The average molecular weight is 294 g/mol. The molecule has 0 bridgehead atoms. The van der Waals surface area contributed by atoms with Gasteiger partial charge in [-0.05, 0) is 26.7 Å². The van der Waals surface area contributed by atoms with Crippen molar-refractivity contribution in [3.05, 3.63) is 5.82 Å². The van der Waals surface area contributed by atoms with Gasteiger partial charge in [-0.1, -0.05) is 34.6 Å². The molecule has 1 aromatic heterocycles. The molecule has 0 radical (unpaired) electrons. The number of nitrogens with two attached hydrogens (primary N) is 1. The van der Waals surface area contributed by atoms with Crippen LogP contribution in [0, 0.1) is 5.92 Å².